The van der Waals surface area contributed by atoms with Gasteiger partial charge in [0, 0.05) is 11.8 Å². The molecule has 5 nitrogen and oxygen atoms in total. The van der Waals surface area contributed by atoms with Crippen LogP contribution in [0.5, 0.6) is 5.75 Å². The Bertz CT molecular complexity index is 538. The summed E-state index contributed by atoms with van der Waals surface area (Å²) in [4.78, 5) is 23.4. The Kier molecular flexibility index (Phi) is 4.40. The van der Waals surface area contributed by atoms with Crippen LogP contribution in [0.25, 0.3) is 0 Å². The molecule has 0 unspecified atom stereocenters. The fourth-order valence-electron chi connectivity index (χ4n) is 2.31. The molecule has 1 aromatic carbocycles. The summed E-state index contributed by atoms with van der Waals surface area (Å²) >= 11 is 0. The number of amides is 1. The van der Waals surface area contributed by atoms with Gasteiger partial charge in [-0.05, 0) is 25.0 Å². The van der Waals surface area contributed by atoms with Gasteiger partial charge in [-0.15, -0.1) is 0 Å². The standard InChI is InChI=1S/C15H17NO4/c1-20-11-6-4-5-10(9-11)16-14(17)12-7-2-3-8-13(12)15(18)19/h2-6,9,12-13H,7-8H2,1H3,(H,16,17)(H,18,19)/t12-,13+/m0/s1. The molecule has 0 bridgehead atoms. The van der Waals surface area contributed by atoms with Crippen LogP contribution in [-0.4, -0.2) is 24.1 Å². The molecule has 0 aromatic heterocycles. The van der Waals surface area contributed by atoms with Crippen LogP contribution >= 0.6 is 0 Å². The number of carboxylic acids is 1. The summed E-state index contributed by atoms with van der Waals surface area (Å²) in [5.41, 5.74) is 0.605. The number of allylic oxidation sites excluding steroid dienone is 2. The van der Waals surface area contributed by atoms with Crippen LogP contribution in [-0.2, 0) is 9.59 Å². The molecule has 0 saturated carbocycles. The third kappa shape index (κ3) is 3.17. The lowest BCUT2D eigenvalue weighted by Gasteiger charge is -2.24. The summed E-state index contributed by atoms with van der Waals surface area (Å²) in [6.07, 6.45) is 4.52. The van der Waals surface area contributed by atoms with E-state index in [-0.39, 0.29) is 5.91 Å². The van der Waals surface area contributed by atoms with Crippen molar-refractivity contribution in [3.63, 3.8) is 0 Å². The average molecular weight is 275 g/mol. The van der Waals surface area contributed by atoms with Gasteiger partial charge >= 0.3 is 5.97 Å². The molecule has 106 valence electrons. The molecule has 1 aromatic rings. The van der Waals surface area contributed by atoms with Crippen LogP contribution in [0.2, 0.25) is 0 Å². The number of benzene rings is 1. The number of carbonyl (C=O) groups excluding carboxylic acids is 1. The SMILES string of the molecule is COc1cccc(NC(=O)[C@H]2CC=CC[C@H]2C(=O)O)c1. The monoisotopic (exact) mass is 275 g/mol. The molecular formula is C15H17NO4. The molecule has 20 heavy (non-hydrogen) atoms. The summed E-state index contributed by atoms with van der Waals surface area (Å²) in [5.74, 6) is -1.76. The molecule has 0 spiro atoms. The molecule has 2 atom stereocenters. The predicted molar refractivity (Wildman–Crippen MR) is 74.6 cm³/mol. The molecule has 5 heteroatoms. The van der Waals surface area contributed by atoms with Crippen LogP contribution in [0.1, 0.15) is 12.8 Å². The van der Waals surface area contributed by atoms with E-state index in [2.05, 4.69) is 5.32 Å². The Morgan fingerprint density at radius 1 is 1.25 bits per heavy atom. The summed E-state index contributed by atoms with van der Waals surface area (Å²) in [7, 11) is 1.55. The number of hydrogen-bond donors (Lipinski definition) is 2. The smallest absolute Gasteiger partial charge is 0.307 e. The van der Waals surface area contributed by atoms with Crippen LogP contribution < -0.4 is 10.1 Å². The minimum absolute atomic E-state index is 0.269. The summed E-state index contributed by atoms with van der Waals surface area (Å²) in [6.45, 7) is 0. The van der Waals surface area contributed by atoms with Gasteiger partial charge in [-0.3, -0.25) is 9.59 Å². The van der Waals surface area contributed by atoms with Crippen molar-refractivity contribution in [2.24, 2.45) is 11.8 Å². The van der Waals surface area contributed by atoms with E-state index < -0.39 is 17.8 Å². The van der Waals surface area contributed by atoms with Crippen LogP contribution in [0.15, 0.2) is 36.4 Å². The third-order valence-corrected chi connectivity index (χ3v) is 3.42. The zero-order valence-corrected chi connectivity index (χ0v) is 11.2. The van der Waals surface area contributed by atoms with E-state index in [4.69, 9.17) is 4.74 Å². The summed E-state index contributed by atoms with van der Waals surface area (Å²) < 4.78 is 5.08. The largest absolute Gasteiger partial charge is 0.497 e. The first-order valence-corrected chi connectivity index (χ1v) is 6.44. The number of methoxy groups -OCH3 is 1. The molecule has 2 rings (SSSR count). The second-order valence-corrected chi connectivity index (χ2v) is 4.72. The van der Waals surface area contributed by atoms with Gasteiger partial charge in [0.25, 0.3) is 0 Å². The number of anilines is 1. The molecular weight excluding hydrogens is 258 g/mol. The highest BCUT2D eigenvalue weighted by Crippen LogP contribution is 2.27. The van der Waals surface area contributed by atoms with Gasteiger partial charge in [0.05, 0.1) is 18.9 Å². The van der Waals surface area contributed by atoms with E-state index in [0.29, 0.717) is 24.3 Å². The first-order valence-electron chi connectivity index (χ1n) is 6.44. The van der Waals surface area contributed by atoms with Gasteiger partial charge in [0.1, 0.15) is 5.75 Å². The number of carboxylic acid groups (broad SMARTS) is 1. The number of carbonyl (C=O) groups is 2. The third-order valence-electron chi connectivity index (χ3n) is 3.42. The lowest BCUT2D eigenvalue weighted by Crippen LogP contribution is -2.34. The van der Waals surface area contributed by atoms with Crippen LogP contribution in [0, 0.1) is 11.8 Å². The number of aliphatic carboxylic acids is 1. The fraction of sp³-hybridized carbons (Fsp3) is 0.333. The van der Waals surface area contributed by atoms with E-state index in [1.165, 1.54) is 0 Å². The van der Waals surface area contributed by atoms with E-state index in [1.54, 1.807) is 31.4 Å². The lowest BCUT2D eigenvalue weighted by atomic mass is 9.82. The number of ether oxygens (including phenoxy) is 1. The Balaban J connectivity index is 2.10. The highest BCUT2D eigenvalue weighted by molar-refractivity contribution is 5.95. The zero-order valence-electron chi connectivity index (χ0n) is 11.2. The Morgan fingerprint density at radius 2 is 1.95 bits per heavy atom. The van der Waals surface area contributed by atoms with Gasteiger partial charge < -0.3 is 15.2 Å². The van der Waals surface area contributed by atoms with Crippen LogP contribution in [0.4, 0.5) is 5.69 Å². The molecule has 0 radical (unpaired) electrons. The highest BCUT2D eigenvalue weighted by atomic mass is 16.5. The van der Waals surface area contributed by atoms with Gasteiger partial charge in [-0.1, -0.05) is 18.2 Å². The molecule has 1 aliphatic carbocycles. The van der Waals surface area contributed by atoms with Gasteiger partial charge in [-0.2, -0.15) is 0 Å². The number of rotatable bonds is 4. The van der Waals surface area contributed by atoms with E-state index in [0.717, 1.165) is 0 Å². The maximum atomic E-state index is 12.2. The number of hydrogen-bond acceptors (Lipinski definition) is 3. The Morgan fingerprint density at radius 3 is 2.60 bits per heavy atom. The Hall–Kier alpha value is -2.30. The van der Waals surface area contributed by atoms with E-state index in [9.17, 15) is 14.7 Å². The van der Waals surface area contributed by atoms with Crippen molar-refractivity contribution in [3.8, 4) is 5.75 Å². The second-order valence-electron chi connectivity index (χ2n) is 4.72. The topological polar surface area (TPSA) is 75.6 Å². The lowest BCUT2D eigenvalue weighted by molar-refractivity contribution is -0.146. The number of nitrogens with one attached hydrogen (secondary N) is 1. The average Bonchev–Trinajstić information content (AvgIpc) is 2.47. The van der Waals surface area contributed by atoms with Crippen molar-refractivity contribution in [1.82, 2.24) is 0 Å². The van der Waals surface area contributed by atoms with Crippen molar-refractivity contribution in [2.75, 3.05) is 12.4 Å². The molecule has 1 amide bonds. The van der Waals surface area contributed by atoms with Crippen molar-refractivity contribution < 1.29 is 19.4 Å². The fourth-order valence-corrected chi connectivity index (χ4v) is 2.31. The zero-order chi connectivity index (χ0) is 14.5. The first kappa shape index (κ1) is 14.1. The van der Waals surface area contributed by atoms with Gasteiger partial charge in [0.2, 0.25) is 5.91 Å². The van der Waals surface area contributed by atoms with E-state index >= 15 is 0 Å². The normalized spacial score (nSPS) is 21.2. The molecule has 0 heterocycles. The predicted octanol–water partition coefficient (Wildman–Crippen LogP) is 2.30. The molecule has 1 aliphatic rings. The van der Waals surface area contributed by atoms with Crippen molar-refractivity contribution in [2.45, 2.75) is 12.8 Å². The molecule has 2 N–H and O–H groups in total. The van der Waals surface area contributed by atoms with Crippen molar-refractivity contribution in [3.05, 3.63) is 36.4 Å². The minimum Gasteiger partial charge on any atom is -0.497 e. The maximum Gasteiger partial charge on any atom is 0.307 e. The summed E-state index contributed by atoms with van der Waals surface area (Å²) in [6, 6.07) is 6.99. The second kappa shape index (κ2) is 6.23. The first-order chi connectivity index (χ1) is 9.61. The Labute approximate surface area is 117 Å². The maximum absolute atomic E-state index is 12.2. The molecule has 0 aliphatic heterocycles. The van der Waals surface area contributed by atoms with Crippen molar-refractivity contribution >= 4 is 17.6 Å². The summed E-state index contributed by atoms with van der Waals surface area (Å²) in [5, 5.41) is 11.9. The van der Waals surface area contributed by atoms with Crippen LogP contribution in [0.3, 0.4) is 0 Å². The van der Waals surface area contributed by atoms with Crippen molar-refractivity contribution in [1.29, 1.82) is 0 Å². The van der Waals surface area contributed by atoms with E-state index in [1.807, 2.05) is 12.2 Å². The molecule has 0 fully saturated rings. The molecule has 0 saturated heterocycles. The van der Waals surface area contributed by atoms with Gasteiger partial charge in [0.15, 0.2) is 0 Å². The quantitative estimate of drug-likeness (QED) is 0.827. The minimum atomic E-state index is -0.930. The van der Waals surface area contributed by atoms with Gasteiger partial charge in [-0.25, -0.2) is 0 Å². The highest BCUT2D eigenvalue weighted by Gasteiger charge is 2.33.